The number of aldehydes is 1. The minimum absolute atomic E-state index is 0.00451. The van der Waals surface area contributed by atoms with Crippen LogP contribution in [0.4, 0.5) is 5.69 Å². The number of anilines is 1. The van der Waals surface area contributed by atoms with E-state index in [1.165, 1.54) is 49.9 Å². The summed E-state index contributed by atoms with van der Waals surface area (Å²) < 4.78 is 0. The Morgan fingerprint density at radius 1 is 1.04 bits per heavy atom. The van der Waals surface area contributed by atoms with Gasteiger partial charge in [0.05, 0.1) is 5.57 Å². The molecule has 0 spiro atoms. The topological polar surface area (TPSA) is 85.1 Å². The quantitative estimate of drug-likeness (QED) is 0.261. The lowest BCUT2D eigenvalue weighted by molar-refractivity contribution is -0.115. The largest absolute Gasteiger partial charge is 0.404 e. The Labute approximate surface area is 165 Å². The molecule has 0 radical (unpaired) electrons. The maximum Gasteiger partial charge on any atom is 0.258 e. The van der Waals surface area contributed by atoms with Crippen LogP contribution in [-0.4, -0.2) is 17.2 Å². The molecule has 0 bridgehead atoms. The molecule has 1 fully saturated rings. The fraction of sp³-hybridized carbons (Fsp3) is 0.261. The molecule has 1 aliphatic rings. The van der Waals surface area contributed by atoms with E-state index < -0.39 is 5.91 Å². The lowest BCUT2D eigenvalue weighted by Crippen LogP contribution is -2.15. The first kappa shape index (κ1) is 19.5. The summed E-state index contributed by atoms with van der Waals surface area (Å²) in [5.41, 5.74) is 9.01. The van der Waals surface area contributed by atoms with E-state index in [1.54, 1.807) is 24.5 Å². The normalized spacial score (nSPS) is 15.9. The van der Waals surface area contributed by atoms with Crippen molar-refractivity contribution in [3.63, 3.8) is 0 Å². The molecule has 1 saturated carbocycles. The Kier molecular flexibility index (Phi) is 6.73. The molecule has 0 aliphatic heterocycles. The monoisotopic (exact) mass is 375 g/mol. The Bertz CT molecular complexity index is 864. The third-order valence-electron chi connectivity index (χ3n) is 5.14. The predicted octanol–water partition coefficient (Wildman–Crippen LogP) is 4.19. The molecule has 0 saturated heterocycles. The highest BCUT2D eigenvalue weighted by atomic mass is 16.2. The van der Waals surface area contributed by atoms with Crippen molar-refractivity contribution in [3.05, 3.63) is 77.8 Å². The number of hydrogen-bond acceptors (Lipinski definition) is 4. The molecule has 3 N–H and O–H groups in total. The van der Waals surface area contributed by atoms with Crippen LogP contribution in [-0.2, 0) is 9.59 Å². The summed E-state index contributed by atoms with van der Waals surface area (Å²) in [5.74, 6) is 0.148. The molecule has 1 aromatic heterocycles. The average Bonchev–Trinajstić information content (AvgIpc) is 2.76. The van der Waals surface area contributed by atoms with Crippen molar-refractivity contribution in [2.75, 3.05) is 5.32 Å². The minimum atomic E-state index is -0.464. The van der Waals surface area contributed by atoms with Gasteiger partial charge in [-0.25, -0.2) is 0 Å². The lowest BCUT2D eigenvalue weighted by Gasteiger charge is -2.22. The molecule has 0 unspecified atom stereocenters. The molecule has 5 heteroatoms. The van der Waals surface area contributed by atoms with Gasteiger partial charge in [0.15, 0.2) is 6.29 Å². The number of carbonyl (C=O) groups is 2. The fourth-order valence-electron chi connectivity index (χ4n) is 3.57. The van der Waals surface area contributed by atoms with Crippen LogP contribution in [0.15, 0.2) is 66.6 Å². The maximum absolute atomic E-state index is 12.5. The van der Waals surface area contributed by atoms with Crippen molar-refractivity contribution < 1.29 is 9.59 Å². The van der Waals surface area contributed by atoms with E-state index in [-0.39, 0.29) is 5.57 Å². The van der Waals surface area contributed by atoms with Gasteiger partial charge >= 0.3 is 0 Å². The molecule has 1 aromatic carbocycles. The van der Waals surface area contributed by atoms with E-state index in [4.69, 9.17) is 5.73 Å². The Balaban J connectivity index is 1.70. The maximum atomic E-state index is 12.5. The second kappa shape index (κ2) is 9.65. The number of allylic oxidation sites excluding steroid dienone is 2. The molecule has 3 rings (SSSR count). The van der Waals surface area contributed by atoms with Crippen LogP contribution in [0.25, 0.3) is 5.57 Å². The van der Waals surface area contributed by atoms with Crippen LogP contribution in [0.1, 0.15) is 49.1 Å². The first-order valence-corrected chi connectivity index (χ1v) is 9.61. The van der Waals surface area contributed by atoms with Gasteiger partial charge in [-0.3, -0.25) is 14.6 Å². The summed E-state index contributed by atoms with van der Waals surface area (Å²) in [5, 5.41) is 2.79. The second-order valence-corrected chi connectivity index (χ2v) is 6.99. The number of nitrogens with one attached hydrogen (secondary N) is 1. The number of nitrogens with two attached hydrogens (primary N) is 1. The third-order valence-corrected chi connectivity index (χ3v) is 5.14. The van der Waals surface area contributed by atoms with Gasteiger partial charge in [0.25, 0.3) is 5.91 Å². The van der Waals surface area contributed by atoms with Gasteiger partial charge in [0.1, 0.15) is 0 Å². The molecule has 1 amide bonds. The fourth-order valence-corrected chi connectivity index (χ4v) is 3.57. The SMILES string of the molecule is N/C=C(\C=C(/C=O)C(=O)Nc1ccc(C2CCCCC2)cc1)c1ccncc1. The average molecular weight is 375 g/mol. The van der Waals surface area contributed by atoms with Crippen LogP contribution in [0.5, 0.6) is 0 Å². The summed E-state index contributed by atoms with van der Waals surface area (Å²) in [6.45, 7) is 0. The molecular weight excluding hydrogens is 350 g/mol. The molecule has 1 heterocycles. The minimum Gasteiger partial charge on any atom is -0.404 e. The number of nitrogens with zero attached hydrogens (tertiary/aromatic N) is 1. The molecule has 0 atom stereocenters. The van der Waals surface area contributed by atoms with E-state index in [0.29, 0.717) is 23.5 Å². The molecule has 2 aromatic rings. The molecule has 5 nitrogen and oxygen atoms in total. The number of carbonyl (C=O) groups excluding carboxylic acids is 2. The van der Waals surface area contributed by atoms with Gasteiger partial charge in [-0.15, -0.1) is 0 Å². The van der Waals surface area contributed by atoms with Gasteiger partial charge in [0.2, 0.25) is 0 Å². The predicted molar refractivity (Wildman–Crippen MR) is 111 cm³/mol. The van der Waals surface area contributed by atoms with Crippen molar-refractivity contribution in [1.29, 1.82) is 0 Å². The van der Waals surface area contributed by atoms with Gasteiger partial charge in [-0.2, -0.15) is 0 Å². The Hall–Kier alpha value is -3.21. The van der Waals surface area contributed by atoms with E-state index in [9.17, 15) is 9.59 Å². The highest BCUT2D eigenvalue weighted by molar-refractivity contribution is 6.17. The first-order valence-electron chi connectivity index (χ1n) is 9.61. The summed E-state index contributed by atoms with van der Waals surface area (Å²) in [6, 6.07) is 11.5. The van der Waals surface area contributed by atoms with Crippen LogP contribution in [0.2, 0.25) is 0 Å². The highest BCUT2D eigenvalue weighted by Crippen LogP contribution is 2.33. The number of hydrogen-bond donors (Lipinski definition) is 2. The van der Waals surface area contributed by atoms with Crippen molar-refractivity contribution in [3.8, 4) is 0 Å². The van der Waals surface area contributed by atoms with Crippen molar-refractivity contribution in [1.82, 2.24) is 4.98 Å². The van der Waals surface area contributed by atoms with Crippen molar-refractivity contribution in [2.24, 2.45) is 5.73 Å². The summed E-state index contributed by atoms with van der Waals surface area (Å²) >= 11 is 0. The summed E-state index contributed by atoms with van der Waals surface area (Å²) in [4.78, 5) is 27.9. The van der Waals surface area contributed by atoms with Gasteiger partial charge in [-0.1, -0.05) is 31.4 Å². The summed E-state index contributed by atoms with van der Waals surface area (Å²) in [7, 11) is 0. The molecule has 28 heavy (non-hydrogen) atoms. The van der Waals surface area contributed by atoms with Crippen LogP contribution in [0.3, 0.4) is 0 Å². The second-order valence-electron chi connectivity index (χ2n) is 6.99. The summed E-state index contributed by atoms with van der Waals surface area (Å²) in [6.07, 6.45) is 13.0. The Morgan fingerprint density at radius 3 is 2.32 bits per heavy atom. The number of pyridine rings is 1. The van der Waals surface area contributed by atoms with E-state index in [2.05, 4.69) is 22.4 Å². The number of rotatable bonds is 6. The molecular formula is C23H25N3O2. The number of amides is 1. The number of aromatic nitrogens is 1. The number of benzene rings is 1. The highest BCUT2D eigenvalue weighted by Gasteiger charge is 2.16. The van der Waals surface area contributed by atoms with Gasteiger partial charge in [0, 0.05) is 24.3 Å². The standard InChI is InChI=1S/C23H25N3O2/c24-15-20(19-10-12-25-13-11-19)14-21(16-27)23(28)26-22-8-6-18(7-9-22)17-4-2-1-3-5-17/h6-17H,1-5,24H2,(H,26,28)/b20-15+,21-14+. The molecule has 1 aliphatic carbocycles. The van der Waals surface area contributed by atoms with Crippen LogP contribution < -0.4 is 11.1 Å². The van der Waals surface area contributed by atoms with Crippen LogP contribution in [0, 0.1) is 0 Å². The van der Waals surface area contributed by atoms with Gasteiger partial charge in [-0.05, 0) is 65.8 Å². The van der Waals surface area contributed by atoms with E-state index >= 15 is 0 Å². The zero-order valence-corrected chi connectivity index (χ0v) is 15.8. The smallest absolute Gasteiger partial charge is 0.258 e. The zero-order valence-electron chi connectivity index (χ0n) is 15.8. The van der Waals surface area contributed by atoms with Crippen molar-refractivity contribution in [2.45, 2.75) is 38.0 Å². The zero-order chi connectivity index (χ0) is 19.8. The van der Waals surface area contributed by atoms with Crippen molar-refractivity contribution >= 4 is 23.5 Å². The van der Waals surface area contributed by atoms with Gasteiger partial charge < -0.3 is 11.1 Å². The van der Waals surface area contributed by atoms with E-state index in [1.807, 2.05) is 12.1 Å². The Morgan fingerprint density at radius 2 is 1.71 bits per heavy atom. The lowest BCUT2D eigenvalue weighted by atomic mass is 9.84. The third kappa shape index (κ3) is 4.94. The molecule has 144 valence electrons. The van der Waals surface area contributed by atoms with Crippen LogP contribution >= 0.6 is 0 Å². The van der Waals surface area contributed by atoms with E-state index in [0.717, 1.165) is 5.56 Å². The first-order chi connectivity index (χ1) is 13.7.